The molecule has 0 saturated heterocycles. The van der Waals surface area contributed by atoms with Crippen molar-refractivity contribution in [1.29, 1.82) is 0 Å². The van der Waals surface area contributed by atoms with Gasteiger partial charge < -0.3 is 28.7 Å². The molecular weight excluding hydrogens is 1480 g/mol. The molecule has 32 heteroatoms. The van der Waals surface area contributed by atoms with Gasteiger partial charge in [-0.05, 0) is 112 Å². The summed E-state index contributed by atoms with van der Waals surface area (Å²) < 4.78 is 6.23. The van der Waals surface area contributed by atoms with Gasteiger partial charge in [-0.15, -0.1) is 22.7 Å². The van der Waals surface area contributed by atoms with Crippen LogP contribution in [0.4, 0.5) is 29.1 Å². The van der Waals surface area contributed by atoms with Gasteiger partial charge in [0.25, 0.3) is 0 Å². The maximum Gasteiger partial charge on any atom is 0.182 e. The summed E-state index contributed by atoms with van der Waals surface area (Å²) in [6.07, 6.45) is 22.3. The molecule has 0 saturated carbocycles. The van der Waals surface area contributed by atoms with Crippen LogP contribution in [-0.2, 0) is 7.05 Å². The normalized spacial score (nSPS) is 11.1. The highest BCUT2D eigenvalue weighted by molar-refractivity contribution is 7.16. The van der Waals surface area contributed by atoms with Crippen LogP contribution in [0, 0.1) is 20.8 Å². The number of H-pyrrole nitrogens is 2. The Hall–Kier alpha value is -15.1. The smallest absolute Gasteiger partial charge is 0.182 e. The molecule has 29 nitrogen and oxygen atoms in total. The van der Waals surface area contributed by atoms with E-state index in [4.69, 9.17) is 40.3 Å². The van der Waals surface area contributed by atoms with E-state index < -0.39 is 0 Å². The molecule has 0 aliphatic rings. The SMILES string of the molecule is Cc1ccn(-c2nc(N)cnc2-c2ccc3[nH]ncc3c2)n1.Cc1ccn(-c2nc(N)cnc2-c2ccc3ncsc3c2)n1.Cc1ncc(-c2nc(N)cnc2-c2ccc3ncccc3c2)s1.Cn1ccc(-c2nc(N)cnc2-c2ccc3ncccc3c2)n1.Nc1cnc(-c2cc(Cl)c3[nH]ncc3c2)c(-c2ccccc2)n1. The van der Waals surface area contributed by atoms with Gasteiger partial charge in [-0.2, -0.15) is 25.5 Å². The predicted octanol–water partition coefficient (Wildman–Crippen LogP) is 15.2. The summed E-state index contributed by atoms with van der Waals surface area (Å²) in [7, 11) is 1.87. The number of halogens is 1. The van der Waals surface area contributed by atoms with Crippen LogP contribution in [0.3, 0.4) is 0 Å². The lowest BCUT2D eigenvalue weighted by Gasteiger charge is -2.10. The fourth-order valence-corrected chi connectivity index (χ4v) is 14.0. The first kappa shape index (κ1) is 72.1. The third kappa shape index (κ3) is 16.0. The lowest BCUT2D eigenvalue weighted by Crippen LogP contribution is -2.05. The molecule has 0 amide bonds. The van der Waals surface area contributed by atoms with Crippen LogP contribution >= 0.6 is 34.3 Å². The molecule has 552 valence electrons. The molecule has 0 fully saturated rings. The lowest BCUT2D eigenvalue weighted by atomic mass is 10.0. The number of nitrogens with zero attached hydrogens (tertiary/aromatic N) is 22. The van der Waals surface area contributed by atoms with E-state index in [0.717, 1.165) is 154 Å². The van der Waals surface area contributed by atoms with Crippen molar-refractivity contribution in [1.82, 2.24) is 120 Å². The molecule has 12 N–H and O–H groups in total. The first-order valence-corrected chi connectivity index (χ1v) is 36.9. The van der Waals surface area contributed by atoms with Crippen molar-refractivity contribution in [3.8, 4) is 101 Å². The molecule has 0 atom stereocenters. The first-order valence-electron chi connectivity index (χ1n) is 34.8. The second-order valence-electron chi connectivity index (χ2n) is 25.5. The zero-order valence-electron chi connectivity index (χ0n) is 60.5. The fraction of sp³-hybridized carbons (Fsp3) is 0.0494. The van der Waals surface area contributed by atoms with Crippen molar-refractivity contribution in [3.05, 3.63) is 265 Å². The molecule has 14 aromatic heterocycles. The van der Waals surface area contributed by atoms with Crippen molar-refractivity contribution < 1.29 is 0 Å². The highest BCUT2D eigenvalue weighted by atomic mass is 35.5. The number of rotatable bonds is 10. The predicted molar refractivity (Wildman–Crippen MR) is 445 cm³/mol. The maximum absolute atomic E-state index is 6.34. The number of benzene rings is 6. The minimum atomic E-state index is 0.358. The molecule has 0 spiro atoms. The van der Waals surface area contributed by atoms with Gasteiger partial charge in [0.05, 0.1) is 130 Å². The van der Waals surface area contributed by atoms with Crippen molar-refractivity contribution >= 4 is 117 Å². The van der Waals surface area contributed by atoms with Crippen LogP contribution in [0.5, 0.6) is 0 Å². The molecule has 14 heterocycles. The van der Waals surface area contributed by atoms with E-state index in [2.05, 4.69) is 124 Å². The minimum absolute atomic E-state index is 0.358. The lowest BCUT2D eigenvalue weighted by molar-refractivity contribution is 0.770. The van der Waals surface area contributed by atoms with Gasteiger partial charge in [-0.25, -0.2) is 54.2 Å². The summed E-state index contributed by atoms with van der Waals surface area (Å²) in [6, 6.07) is 51.4. The average Bonchev–Trinajstić information content (AvgIpc) is 1.66. The van der Waals surface area contributed by atoms with E-state index in [-0.39, 0.29) is 0 Å². The largest absolute Gasteiger partial charge is 0.382 e. The number of nitrogens with two attached hydrogens (primary N) is 5. The molecule has 0 aliphatic heterocycles. The minimum Gasteiger partial charge on any atom is -0.382 e. The Morgan fingerprint density at radius 1 is 0.381 bits per heavy atom. The number of nitrogens with one attached hydrogen (secondary N) is 2. The number of fused-ring (bicyclic) bond motifs is 5. The maximum atomic E-state index is 6.34. The Labute approximate surface area is 655 Å². The van der Waals surface area contributed by atoms with Crippen LogP contribution in [0.1, 0.15) is 16.4 Å². The van der Waals surface area contributed by atoms with E-state index in [1.807, 2.05) is 198 Å². The average molecular weight is 1540 g/mol. The summed E-state index contributed by atoms with van der Waals surface area (Å²) in [4.78, 5) is 62.8. The first-order chi connectivity index (χ1) is 55.0. The number of hydrogen-bond donors (Lipinski definition) is 7. The molecule has 0 bridgehead atoms. The van der Waals surface area contributed by atoms with Crippen molar-refractivity contribution in [2.24, 2.45) is 7.05 Å². The molecule has 0 radical (unpaired) electrons. The zero-order valence-corrected chi connectivity index (χ0v) is 62.9. The van der Waals surface area contributed by atoms with E-state index in [1.54, 1.807) is 92.5 Å². The van der Waals surface area contributed by atoms with Gasteiger partial charge in [0.15, 0.2) is 11.6 Å². The summed E-state index contributed by atoms with van der Waals surface area (Å²) in [5, 5.41) is 32.7. The monoisotopic (exact) mass is 1540 g/mol. The number of nitrogen functional groups attached to an aromatic ring is 5. The Morgan fingerprint density at radius 2 is 0.894 bits per heavy atom. The topological polar surface area (TPSA) is 421 Å². The summed E-state index contributed by atoms with van der Waals surface area (Å²) in [5.74, 6) is 3.10. The molecule has 20 rings (SSSR count). The highest BCUT2D eigenvalue weighted by Gasteiger charge is 2.20. The number of anilines is 5. The van der Waals surface area contributed by atoms with Gasteiger partial charge >= 0.3 is 0 Å². The number of hydrogen-bond acceptors (Lipinski definition) is 26. The standard InChI is InChI=1S/C17H12ClN5.C17H14N6.C17H13N5S.C15H13N7.C15H12N6S/c18-13-7-11(6-12-8-21-23-15(12)13)16-17(22-14(19)9-20-16)10-4-2-1-3-5-10;1-23-8-6-14(22-23)17-16(20-10-15(18)21-17)12-4-5-13-11(9-12)3-2-7-19-13;1-10-20-8-14(23-10)17-16(21-9-15(18)22-17)12-4-5-13-11(7-12)3-2-6-19-13;1-9-4-5-22(21-9)15-14(17-8-13(16)19-15)10-2-3-12-11(6-10)7-18-20-12;1-9-4-5-21(20-9)15-14(17-7-13(16)19-15)10-2-3-11-12(6-10)22-8-18-11/h1-9H,(H2,19,22)(H,21,23);2-10H,1H3,(H2,18,21);2-9H,1H3,(H2,18,22);2-8H,1H3,(H2,16,19)(H,18,20);2-8H,1H3,(H2,16,19). The van der Waals surface area contributed by atoms with Gasteiger partial charge in [0.2, 0.25) is 0 Å². The highest BCUT2D eigenvalue weighted by Crippen LogP contribution is 2.38. The summed E-state index contributed by atoms with van der Waals surface area (Å²) in [5.41, 5.74) is 49.7. The van der Waals surface area contributed by atoms with Gasteiger partial charge in [-0.3, -0.25) is 39.8 Å². The number of thiazole rings is 2. The van der Waals surface area contributed by atoms with Crippen molar-refractivity contribution in [2.45, 2.75) is 20.8 Å². The van der Waals surface area contributed by atoms with Gasteiger partial charge in [0.1, 0.15) is 57.6 Å². The molecule has 0 unspecified atom stereocenters. The van der Waals surface area contributed by atoms with E-state index in [0.29, 0.717) is 51.4 Å². The summed E-state index contributed by atoms with van der Waals surface area (Å²) in [6.45, 7) is 5.82. The van der Waals surface area contributed by atoms with Crippen LogP contribution in [0.15, 0.2) is 244 Å². The second-order valence-corrected chi connectivity index (χ2v) is 28.0. The number of aryl methyl sites for hydroxylation is 4. The quantitative estimate of drug-likeness (QED) is 0.0668. The van der Waals surface area contributed by atoms with Crippen LogP contribution in [-0.4, -0.2) is 120 Å². The van der Waals surface area contributed by atoms with Gasteiger partial charge in [0, 0.05) is 99.2 Å². The summed E-state index contributed by atoms with van der Waals surface area (Å²) >= 11 is 9.52. The Kier molecular flexibility index (Phi) is 20.2. The molecule has 6 aromatic carbocycles. The third-order valence-electron chi connectivity index (χ3n) is 17.5. The molecular formula is C81H64ClN29S2. The van der Waals surface area contributed by atoms with Crippen molar-refractivity contribution in [2.75, 3.05) is 28.7 Å². The molecule has 113 heavy (non-hydrogen) atoms. The fourth-order valence-electron chi connectivity index (χ4n) is 12.3. The molecule has 20 aromatic rings. The Balaban J connectivity index is 0.000000107. The van der Waals surface area contributed by atoms with E-state index in [9.17, 15) is 0 Å². The Bertz CT molecular complexity index is 6520. The third-order valence-corrected chi connectivity index (χ3v) is 19.5. The van der Waals surface area contributed by atoms with Crippen LogP contribution in [0.25, 0.3) is 155 Å². The van der Waals surface area contributed by atoms with E-state index in [1.165, 1.54) is 0 Å². The van der Waals surface area contributed by atoms with Crippen molar-refractivity contribution in [3.63, 3.8) is 0 Å². The van der Waals surface area contributed by atoms with Crippen LogP contribution < -0.4 is 28.7 Å². The van der Waals surface area contributed by atoms with Gasteiger partial charge in [-0.1, -0.05) is 78.3 Å². The Morgan fingerprint density at radius 3 is 1.48 bits per heavy atom. The number of aromatic amines is 2. The van der Waals surface area contributed by atoms with E-state index >= 15 is 0 Å². The molecule has 0 aliphatic carbocycles. The zero-order chi connectivity index (χ0) is 77.6. The number of pyridine rings is 2. The van der Waals surface area contributed by atoms with Crippen LogP contribution in [0.2, 0.25) is 5.02 Å². The second kappa shape index (κ2) is 31.6. The number of aromatic nitrogens is 24.